The van der Waals surface area contributed by atoms with Crippen LogP contribution in [0.3, 0.4) is 0 Å². The minimum absolute atomic E-state index is 0.0812. The molecule has 34 heavy (non-hydrogen) atoms. The highest BCUT2D eigenvalue weighted by Gasteiger charge is 2.43. The van der Waals surface area contributed by atoms with Gasteiger partial charge >= 0.3 is 12.1 Å². The number of fused-ring (bicyclic) bond motifs is 3. The predicted molar refractivity (Wildman–Crippen MR) is 132 cm³/mol. The minimum Gasteiger partial charge on any atom is -0.480 e. The summed E-state index contributed by atoms with van der Waals surface area (Å²) < 4.78 is 5.64. The molecular formula is C26H30N2O5S. The van der Waals surface area contributed by atoms with E-state index in [2.05, 4.69) is 17.4 Å². The Hall–Kier alpha value is -3.00. The first-order valence-corrected chi connectivity index (χ1v) is 12.7. The average molecular weight is 483 g/mol. The van der Waals surface area contributed by atoms with Crippen LogP contribution in [0, 0.1) is 5.92 Å². The number of ether oxygens (including phenoxy) is 1. The smallest absolute Gasteiger partial charge is 0.407 e. The van der Waals surface area contributed by atoms with E-state index in [1.54, 1.807) is 0 Å². The molecule has 0 saturated carbocycles. The van der Waals surface area contributed by atoms with Crippen LogP contribution >= 0.6 is 11.8 Å². The van der Waals surface area contributed by atoms with E-state index in [1.807, 2.05) is 57.2 Å². The summed E-state index contributed by atoms with van der Waals surface area (Å²) in [5.74, 6) is -1.34. The van der Waals surface area contributed by atoms with Crippen LogP contribution in [0.15, 0.2) is 48.5 Å². The van der Waals surface area contributed by atoms with Crippen molar-refractivity contribution in [2.24, 2.45) is 5.92 Å². The summed E-state index contributed by atoms with van der Waals surface area (Å²) >= 11 is 1.42. The minimum atomic E-state index is -1.03. The Bertz CT molecular complexity index is 1040. The summed E-state index contributed by atoms with van der Waals surface area (Å²) in [6.07, 6.45) is -0.0282. The van der Waals surface area contributed by atoms with E-state index in [0.29, 0.717) is 12.2 Å². The van der Waals surface area contributed by atoms with Crippen LogP contribution in [0.25, 0.3) is 11.1 Å². The van der Waals surface area contributed by atoms with Crippen LogP contribution in [0.4, 0.5) is 4.79 Å². The number of carboxylic acid groups (broad SMARTS) is 1. The van der Waals surface area contributed by atoms with E-state index < -0.39 is 24.1 Å². The number of benzene rings is 2. The fourth-order valence-electron chi connectivity index (χ4n) is 4.78. The number of carbonyl (C=O) groups excluding carboxylic acids is 2. The molecule has 1 fully saturated rings. The fraction of sp³-hybridized carbons (Fsp3) is 0.423. The number of carboxylic acids is 1. The number of amides is 2. The molecule has 0 spiro atoms. The molecule has 8 heteroatoms. The Morgan fingerprint density at radius 2 is 1.71 bits per heavy atom. The van der Waals surface area contributed by atoms with E-state index in [4.69, 9.17) is 4.74 Å². The predicted octanol–water partition coefficient (Wildman–Crippen LogP) is 4.31. The van der Waals surface area contributed by atoms with Crippen molar-refractivity contribution < 1.29 is 24.2 Å². The van der Waals surface area contributed by atoms with Crippen LogP contribution in [0.5, 0.6) is 0 Å². The molecule has 180 valence electrons. The van der Waals surface area contributed by atoms with Gasteiger partial charge in [-0.15, -0.1) is 11.8 Å². The second-order valence-electron chi connectivity index (χ2n) is 8.87. The van der Waals surface area contributed by atoms with Crippen LogP contribution in [0.1, 0.15) is 44.2 Å². The molecule has 7 nitrogen and oxygen atoms in total. The van der Waals surface area contributed by atoms with Gasteiger partial charge in [-0.1, -0.05) is 68.8 Å². The Morgan fingerprint density at radius 1 is 1.12 bits per heavy atom. The number of carbonyl (C=O) groups is 3. The Kier molecular flexibility index (Phi) is 7.16. The normalized spacial score (nSPS) is 20.9. The van der Waals surface area contributed by atoms with Crippen molar-refractivity contribution in [3.63, 3.8) is 0 Å². The van der Waals surface area contributed by atoms with Crippen LogP contribution < -0.4 is 5.32 Å². The molecule has 1 heterocycles. The van der Waals surface area contributed by atoms with Crippen molar-refractivity contribution >= 4 is 29.7 Å². The molecule has 3 unspecified atom stereocenters. The van der Waals surface area contributed by atoms with Crippen molar-refractivity contribution in [3.8, 4) is 11.1 Å². The average Bonchev–Trinajstić information content (AvgIpc) is 3.38. The van der Waals surface area contributed by atoms with Gasteiger partial charge in [-0.05, 0) is 35.1 Å². The monoisotopic (exact) mass is 482 g/mol. The third-order valence-electron chi connectivity index (χ3n) is 6.86. The molecule has 1 aliphatic heterocycles. The quantitative estimate of drug-likeness (QED) is 0.610. The topological polar surface area (TPSA) is 95.9 Å². The standard InChI is InChI=1S/C26H30N2O5S/c1-4-15(2)23(24(29)28-16(3)34-14-22(28)25(30)31)27-26(32)33-13-21-19-11-7-5-9-17(19)18-10-6-8-12-20(18)21/h5-12,15-16,21-23H,4,13-14H2,1-3H3,(H,27,32)(H,30,31)/t15?,16?,22?,23-/m0/s1. The molecule has 0 aromatic heterocycles. The number of rotatable bonds is 7. The lowest BCUT2D eigenvalue weighted by Crippen LogP contribution is -2.56. The molecular weight excluding hydrogens is 452 g/mol. The van der Waals surface area contributed by atoms with Gasteiger partial charge in [-0.2, -0.15) is 0 Å². The van der Waals surface area contributed by atoms with E-state index in [0.717, 1.165) is 22.3 Å². The number of thioether (sulfide) groups is 1. The molecule has 1 saturated heterocycles. The molecule has 2 aromatic rings. The van der Waals surface area contributed by atoms with Crippen LogP contribution in [0.2, 0.25) is 0 Å². The number of hydrogen-bond acceptors (Lipinski definition) is 5. The molecule has 2 amide bonds. The molecule has 0 radical (unpaired) electrons. The molecule has 0 bridgehead atoms. The van der Waals surface area contributed by atoms with Crippen LogP contribution in [-0.2, 0) is 14.3 Å². The highest BCUT2D eigenvalue weighted by atomic mass is 32.2. The summed E-state index contributed by atoms with van der Waals surface area (Å²) in [5, 5.41) is 12.0. The van der Waals surface area contributed by atoms with Gasteiger partial charge in [0.05, 0.1) is 5.37 Å². The van der Waals surface area contributed by atoms with Gasteiger partial charge in [-0.25, -0.2) is 9.59 Å². The first-order valence-electron chi connectivity index (χ1n) is 11.6. The van der Waals surface area contributed by atoms with Crippen molar-refractivity contribution in [2.45, 2.75) is 50.6 Å². The Labute approximate surface area is 203 Å². The summed E-state index contributed by atoms with van der Waals surface area (Å²) in [7, 11) is 0. The van der Waals surface area contributed by atoms with Crippen molar-refractivity contribution in [2.75, 3.05) is 12.4 Å². The number of nitrogens with zero attached hydrogens (tertiary/aromatic N) is 1. The van der Waals surface area contributed by atoms with Gasteiger partial charge in [-0.3, -0.25) is 4.79 Å². The summed E-state index contributed by atoms with van der Waals surface area (Å²) in [5.41, 5.74) is 4.50. The van der Waals surface area contributed by atoms with E-state index in [1.165, 1.54) is 16.7 Å². The highest BCUT2D eigenvalue weighted by molar-refractivity contribution is 8.00. The number of nitrogens with one attached hydrogen (secondary N) is 1. The van der Waals surface area contributed by atoms with E-state index in [9.17, 15) is 19.5 Å². The van der Waals surface area contributed by atoms with Gasteiger partial charge in [0.15, 0.2) is 0 Å². The van der Waals surface area contributed by atoms with E-state index >= 15 is 0 Å². The maximum atomic E-state index is 13.4. The van der Waals surface area contributed by atoms with Gasteiger partial charge in [0.25, 0.3) is 0 Å². The van der Waals surface area contributed by atoms with Gasteiger partial charge in [0.1, 0.15) is 18.7 Å². The largest absolute Gasteiger partial charge is 0.480 e. The lowest BCUT2D eigenvalue weighted by Gasteiger charge is -2.32. The second-order valence-corrected chi connectivity index (χ2v) is 10.2. The zero-order valence-electron chi connectivity index (χ0n) is 19.6. The van der Waals surface area contributed by atoms with E-state index in [-0.39, 0.29) is 29.7 Å². The molecule has 2 aliphatic rings. The van der Waals surface area contributed by atoms with Gasteiger partial charge < -0.3 is 20.1 Å². The van der Waals surface area contributed by atoms with Crippen molar-refractivity contribution in [3.05, 3.63) is 59.7 Å². The zero-order chi connectivity index (χ0) is 24.4. The number of aliphatic carboxylic acids is 1. The maximum Gasteiger partial charge on any atom is 0.407 e. The maximum absolute atomic E-state index is 13.4. The third kappa shape index (κ3) is 4.51. The first-order chi connectivity index (χ1) is 16.3. The van der Waals surface area contributed by atoms with Gasteiger partial charge in [0, 0.05) is 11.7 Å². The number of hydrogen-bond donors (Lipinski definition) is 2. The molecule has 4 atom stereocenters. The molecule has 1 aliphatic carbocycles. The highest BCUT2D eigenvalue weighted by Crippen LogP contribution is 2.44. The third-order valence-corrected chi connectivity index (χ3v) is 8.08. The zero-order valence-corrected chi connectivity index (χ0v) is 20.4. The SMILES string of the molecule is CCC(C)[C@H](NC(=O)OCC1c2ccccc2-c2ccccc21)C(=O)N1C(C)SCC1C(=O)O. The van der Waals surface area contributed by atoms with Gasteiger partial charge in [0.2, 0.25) is 5.91 Å². The number of alkyl carbamates (subject to hydrolysis) is 1. The summed E-state index contributed by atoms with van der Waals surface area (Å²) in [6.45, 7) is 5.76. The lowest BCUT2D eigenvalue weighted by molar-refractivity contribution is -0.150. The van der Waals surface area contributed by atoms with Crippen molar-refractivity contribution in [1.29, 1.82) is 0 Å². The fourth-order valence-corrected chi connectivity index (χ4v) is 5.95. The van der Waals surface area contributed by atoms with Crippen molar-refractivity contribution in [1.82, 2.24) is 10.2 Å². The second kappa shape index (κ2) is 10.1. The Morgan fingerprint density at radius 3 is 2.26 bits per heavy atom. The Balaban J connectivity index is 1.47. The first kappa shape index (κ1) is 24.1. The van der Waals surface area contributed by atoms with Crippen LogP contribution in [-0.4, -0.2) is 57.8 Å². The summed E-state index contributed by atoms with van der Waals surface area (Å²) in [6, 6.07) is 14.4. The molecule has 4 rings (SSSR count). The molecule has 2 aromatic carbocycles. The summed E-state index contributed by atoms with van der Waals surface area (Å²) in [4.78, 5) is 39.3. The lowest BCUT2D eigenvalue weighted by atomic mass is 9.97. The molecule has 2 N–H and O–H groups in total.